The molecule has 1 saturated heterocycles. The zero-order valence-electron chi connectivity index (χ0n) is 11.2. The third-order valence-corrected chi connectivity index (χ3v) is 3.40. The summed E-state index contributed by atoms with van der Waals surface area (Å²) in [6.45, 7) is 8.05. The molecule has 1 aliphatic heterocycles. The molecule has 17 heavy (non-hydrogen) atoms. The van der Waals surface area contributed by atoms with Crippen molar-refractivity contribution in [3.8, 4) is 0 Å². The highest BCUT2D eigenvalue weighted by Crippen LogP contribution is 2.15. The summed E-state index contributed by atoms with van der Waals surface area (Å²) >= 11 is 0. The fraction of sp³-hybridized carbons (Fsp3) is 1.00. The van der Waals surface area contributed by atoms with Gasteiger partial charge < -0.3 is 20.1 Å². The summed E-state index contributed by atoms with van der Waals surface area (Å²) in [5.74, 6) is 0. The number of ether oxygens (including phenoxy) is 1. The van der Waals surface area contributed by atoms with Gasteiger partial charge in [-0.05, 0) is 45.8 Å². The summed E-state index contributed by atoms with van der Waals surface area (Å²) in [4.78, 5) is 2.60. The summed E-state index contributed by atoms with van der Waals surface area (Å²) in [7, 11) is 0. The van der Waals surface area contributed by atoms with Crippen LogP contribution < -0.4 is 5.32 Å². The van der Waals surface area contributed by atoms with Crippen molar-refractivity contribution in [1.29, 1.82) is 0 Å². The highest BCUT2D eigenvalue weighted by molar-refractivity contribution is 4.72. The van der Waals surface area contributed by atoms with Crippen molar-refractivity contribution in [2.75, 3.05) is 46.0 Å². The van der Waals surface area contributed by atoms with Gasteiger partial charge in [0, 0.05) is 12.6 Å². The van der Waals surface area contributed by atoms with Gasteiger partial charge in [0.25, 0.3) is 0 Å². The van der Waals surface area contributed by atoms with Crippen molar-refractivity contribution in [2.45, 2.75) is 38.6 Å². The van der Waals surface area contributed by atoms with E-state index in [1.54, 1.807) is 0 Å². The lowest BCUT2D eigenvalue weighted by molar-refractivity contribution is 0.0936. The smallest absolute Gasteiger partial charge is 0.0698 e. The first kappa shape index (κ1) is 14.9. The zero-order valence-corrected chi connectivity index (χ0v) is 11.2. The molecule has 1 unspecified atom stereocenters. The Morgan fingerprint density at radius 1 is 1.29 bits per heavy atom. The van der Waals surface area contributed by atoms with E-state index in [0.29, 0.717) is 13.2 Å². The number of nitrogens with zero attached hydrogens (tertiary/aromatic N) is 1. The van der Waals surface area contributed by atoms with Gasteiger partial charge in [0.05, 0.1) is 19.8 Å². The number of rotatable bonds is 9. The van der Waals surface area contributed by atoms with Crippen molar-refractivity contribution in [3.05, 3.63) is 0 Å². The lowest BCUT2D eigenvalue weighted by Gasteiger charge is -2.33. The van der Waals surface area contributed by atoms with Crippen LogP contribution in [0.1, 0.15) is 32.6 Å². The van der Waals surface area contributed by atoms with Crippen molar-refractivity contribution in [3.63, 3.8) is 0 Å². The minimum absolute atomic E-state index is 0.118. The summed E-state index contributed by atoms with van der Waals surface area (Å²) in [5.41, 5.74) is 0. The van der Waals surface area contributed by atoms with E-state index in [-0.39, 0.29) is 6.61 Å². The van der Waals surface area contributed by atoms with Crippen LogP contribution >= 0.6 is 0 Å². The predicted octanol–water partition coefficient (Wildman–Crippen LogP) is 0.849. The SMILES string of the molecule is CC1CCCCN1CCCNCCOCCO. The van der Waals surface area contributed by atoms with Gasteiger partial charge in [0.2, 0.25) is 0 Å². The first-order valence-electron chi connectivity index (χ1n) is 6.98. The molecule has 1 aliphatic rings. The normalized spacial score (nSPS) is 21.9. The molecule has 0 aromatic heterocycles. The van der Waals surface area contributed by atoms with Gasteiger partial charge in [-0.3, -0.25) is 0 Å². The van der Waals surface area contributed by atoms with Gasteiger partial charge in [-0.25, -0.2) is 0 Å². The lowest BCUT2D eigenvalue weighted by Crippen LogP contribution is -2.39. The van der Waals surface area contributed by atoms with E-state index >= 15 is 0 Å². The molecular weight excluding hydrogens is 216 g/mol. The largest absolute Gasteiger partial charge is 0.394 e. The zero-order chi connectivity index (χ0) is 12.3. The van der Waals surface area contributed by atoms with Crippen LogP contribution in [0.25, 0.3) is 0 Å². The van der Waals surface area contributed by atoms with Crippen LogP contribution in [0.3, 0.4) is 0 Å². The minimum atomic E-state index is 0.118. The van der Waals surface area contributed by atoms with Crippen molar-refractivity contribution < 1.29 is 9.84 Å². The van der Waals surface area contributed by atoms with Gasteiger partial charge >= 0.3 is 0 Å². The molecule has 1 heterocycles. The van der Waals surface area contributed by atoms with E-state index < -0.39 is 0 Å². The molecule has 2 N–H and O–H groups in total. The lowest BCUT2D eigenvalue weighted by atomic mass is 10.0. The summed E-state index contributed by atoms with van der Waals surface area (Å²) in [5, 5.41) is 11.9. The first-order chi connectivity index (χ1) is 8.34. The number of hydrogen-bond donors (Lipinski definition) is 2. The maximum atomic E-state index is 8.53. The minimum Gasteiger partial charge on any atom is -0.394 e. The Morgan fingerprint density at radius 2 is 2.18 bits per heavy atom. The van der Waals surface area contributed by atoms with E-state index in [1.165, 1.54) is 38.8 Å². The highest BCUT2D eigenvalue weighted by Gasteiger charge is 2.16. The highest BCUT2D eigenvalue weighted by atomic mass is 16.5. The predicted molar refractivity (Wildman–Crippen MR) is 70.3 cm³/mol. The van der Waals surface area contributed by atoms with Crippen molar-refractivity contribution in [1.82, 2.24) is 10.2 Å². The van der Waals surface area contributed by atoms with E-state index in [0.717, 1.165) is 19.1 Å². The first-order valence-corrected chi connectivity index (χ1v) is 6.98. The molecule has 0 spiro atoms. The summed E-state index contributed by atoms with van der Waals surface area (Å²) in [6.07, 6.45) is 5.34. The molecule has 0 aromatic rings. The van der Waals surface area contributed by atoms with Crippen LogP contribution in [0.5, 0.6) is 0 Å². The standard InChI is InChI=1S/C13H28N2O2/c1-13-5-2-3-8-15(13)9-4-6-14-7-11-17-12-10-16/h13-14,16H,2-12H2,1H3. The molecule has 1 rings (SSSR count). The fourth-order valence-corrected chi connectivity index (χ4v) is 2.33. The molecule has 1 fully saturated rings. The Balaban J connectivity index is 1.86. The fourth-order valence-electron chi connectivity index (χ4n) is 2.33. The molecule has 0 bridgehead atoms. The molecule has 4 nitrogen and oxygen atoms in total. The number of aliphatic hydroxyl groups excluding tert-OH is 1. The quantitative estimate of drug-likeness (QED) is 0.590. The van der Waals surface area contributed by atoms with Crippen LogP contribution in [0.4, 0.5) is 0 Å². The monoisotopic (exact) mass is 244 g/mol. The molecular formula is C13H28N2O2. The van der Waals surface area contributed by atoms with Gasteiger partial charge in [0.1, 0.15) is 0 Å². The average Bonchev–Trinajstić information content (AvgIpc) is 2.35. The van der Waals surface area contributed by atoms with Gasteiger partial charge in [-0.15, -0.1) is 0 Å². The molecule has 0 amide bonds. The third kappa shape index (κ3) is 6.99. The van der Waals surface area contributed by atoms with E-state index in [9.17, 15) is 0 Å². The van der Waals surface area contributed by atoms with E-state index in [4.69, 9.17) is 9.84 Å². The Labute approximate surface area is 105 Å². The van der Waals surface area contributed by atoms with E-state index in [1.807, 2.05) is 0 Å². The van der Waals surface area contributed by atoms with Gasteiger partial charge in [-0.1, -0.05) is 6.42 Å². The second-order valence-corrected chi connectivity index (χ2v) is 4.82. The van der Waals surface area contributed by atoms with Gasteiger partial charge in [-0.2, -0.15) is 0 Å². The summed E-state index contributed by atoms with van der Waals surface area (Å²) < 4.78 is 5.17. The van der Waals surface area contributed by atoms with Crippen LogP contribution in [-0.4, -0.2) is 62.0 Å². The number of hydrogen-bond acceptors (Lipinski definition) is 4. The maximum absolute atomic E-state index is 8.53. The Kier molecular flexibility index (Phi) is 8.61. The number of nitrogens with one attached hydrogen (secondary N) is 1. The molecule has 102 valence electrons. The molecule has 1 atom stereocenters. The Hall–Kier alpha value is -0.160. The molecule has 0 radical (unpaired) electrons. The van der Waals surface area contributed by atoms with Crippen LogP contribution in [0.2, 0.25) is 0 Å². The topological polar surface area (TPSA) is 44.7 Å². The van der Waals surface area contributed by atoms with Crippen molar-refractivity contribution >= 4 is 0 Å². The third-order valence-electron chi connectivity index (χ3n) is 3.40. The Morgan fingerprint density at radius 3 is 2.94 bits per heavy atom. The van der Waals surface area contributed by atoms with E-state index in [2.05, 4.69) is 17.1 Å². The van der Waals surface area contributed by atoms with Gasteiger partial charge in [0.15, 0.2) is 0 Å². The van der Waals surface area contributed by atoms with Crippen LogP contribution in [0, 0.1) is 0 Å². The maximum Gasteiger partial charge on any atom is 0.0698 e. The molecule has 4 heteroatoms. The van der Waals surface area contributed by atoms with Crippen LogP contribution in [-0.2, 0) is 4.74 Å². The number of likely N-dealkylation sites (tertiary alicyclic amines) is 1. The summed E-state index contributed by atoms with van der Waals surface area (Å²) in [6, 6.07) is 0.775. The second-order valence-electron chi connectivity index (χ2n) is 4.82. The molecule has 0 aromatic carbocycles. The molecule has 0 aliphatic carbocycles. The van der Waals surface area contributed by atoms with Crippen molar-refractivity contribution in [2.24, 2.45) is 0 Å². The second kappa shape index (κ2) is 9.83. The van der Waals surface area contributed by atoms with Crippen LogP contribution in [0.15, 0.2) is 0 Å². The number of aliphatic hydroxyl groups is 1. The number of piperidine rings is 1. The molecule has 0 saturated carbocycles. The Bertz CT molecular complexity index is 179. The average molecular weight is 244 g/mol.